The van der Waals surface area contributed by atoms with E-state index >= 15 is 0 Å². The molecule has 2 aromatic rings. The van der Waals surface area contributed by atoms with E-state index in [-0.39, 0.29) is 18.0 Å². The van der Waals surface area contributed by atoms with Gasteiger partial charge in [0, 0.05) is 5.57 Å². The highest BCUT2D eigenvalue weighted by Crippen LogP contribution is 2.44. The maximum absolute atomic E-state index is 11.8. The van der Waals surface area contributed by atoms with E-state index < -0.39 is 0 Å². The van der Waals surface area contributed by atoms with Crippen LogP contribution in [0.1, 0.15) is 23.1 Å². The summed E-state index contributed by atoms with van der Waals surface area (Å²) in [4.78, 5) is 11.8. The average Bonchev–Trinajstić information content (AvgIpc) is 2.77. The van der Waals surface area contributed by atoms with Gasteiger partial charge in [-0.2, -0.15) is 0 Å². The van der Waals surface area contributed by atoms with Crippen LogP contribution in [0.5, 0.6) is 0 Å². The second-order valence-electron chi connectivity index (χ2n) is 4.65. The first-order valence-electron chi connectivity index (χ1n) is 6.27. The molecule has 2 aromatic carbocycles. The monoisotopic (exact) mass is 250 g/mol. The van der Waals surface area contributed by atoms with Gasteiger partial charge < -0.3 is 4.74 Å². The van der Waals surface area contributed by atoms with Gasteiger partial charge in [0.15, 0.2) is 0 Å². The van der Waals surface area contributed by atoms with Crippen molar-refractivity contribution in [2.75, 3.05) is 0 Å². The molecule has 0 bridgehead atoms. The molecule has 1 aliphatic rings. The molecular formula is C17H14O2. The lowest BCUT2D eigenvalue weighted by atomic mass is 9.86. The molecule has 3 rings (SSSR count). The van der Waals surface area contributed by atoms with Crippen molar-refractivity contribution in [2.24, 2.45) is 0 Å². The molecule has 0 N–H and O–H groups in total. The Morgan fingerprint density at radius 3 is 1.95 bits per heavy atom. The number of esters is 1. The summed E-state index contributed by atoms with van der Waals surface area (Å²) < 4.78 is 5.49. The van der Waals surface area contributed by atoms with Crippen LogP contribution in [0.15, 0.2) is 72.8 Å². The van der Waals surface area contributed by atoms with Gasteiger partial charge in [-0.05, 0) is 11.1 Å². The lowest BCUT2D eigenvalue weighted by Crippen LogP contribution is -2.06. The third kappa shape index (κ3) is 2.06. The van der Waals surface area contributed by atoms with Crippen molar-refractivity contribution in [1.82, 2.24) is 0 Å². The molecule has 0 aromatic heterocycles. The first kappa shape index (κ1) is 11.7. The molecule has 0 radical (unpaired) electrons. The zero-order valence-electron chi connectivity index (χ0n) is 10.5. The van der Waals surface area contributed by atoms with Crippen LogP contribution in [-0.2, 0) is 9.53 Å². The Bertz CT molecular complexity index is 602. The van der Waals surface area contributed by atoms with Crippen LogP contribution >= 0.6 is 0 Å². The molecule has 0 amide bonds. The molecule has 1 fully saturated rings. The van der Waals surface area contributed by atoms with E-state index in [0.29, 0.717) is 5.57 Å². The summed E-state index contributed by atoms with van der Waals surface area (Å²) in [6.45, 7) is 3.89. The highest BCUT2D eigenvalue weighted by molar-refractivity contribution is 5.92. The molecule has 94 valence electrons. The van der Waals surface area contributed by atoms with E-state index in [1.807, 2.05) is 60.7 Å². The van der Waals surface area contributed by atoms with Crippen LogP contribution in [-0.4, -0.2) is 5.97 Å². The largest absolute Gasteiger partial charge is 0.453 e. The quantitative estimate of drug-likeness (QED) is 0.601. The highest BCUT2D eigenvalue weighted by atomic mass is 16.6. The van der Waals surface area contributed by atoms with Crippen molar-refractivity contribution in [3.8, 4) is 0 Å². The Morgan fingerprint density at radius 1 is 0.842 bits per heavy atom. The van der Waals surface area contributed by atoms with Gasteiger partial charge >= 0.3 is 5.97 Å². The Balaban J connectivity index is 2.04. The number of hydrogen-bond donors (Lipinski definition) is 0. The van der Waals surface area contributed by atoms with E-state index in [9.17, 15) is 4.79 Å². The molecule has 0 saturated carbocycles. The SMILES string of the molecule is C=C1C(=O)O[C@H](c2ccccc2)[C@@H]1c1ccccc1. The third-order valence-corrected chi connectivity index (χ3v) is 3.46. The molecule has 0 unspecified atom stereocenters. The van der Waals surface area contributed by atoms with Gasteiger partial charge in [-0.3, -0.25) is 0 Å². The minimum Gasteiger partial charge on any atom is -0.453 e. The highest BCUT2D eigenvalue weighted by Gasteiger charge is 2.40. The van der Waals surface area contributed by atoms with Crippen LogP contribution in [0.2, 0.25) is 0 Å². The Hall–Kier alpha value is -2.35. The number of carbonyl (C=O) groups excluding carboxylic acids is 1. The van der Waals surface area contributed by atoms with Crippen molar-refractivity contribution >= 4 is 5.97 Å². The minimum absolute atomic E-state index is 0.101. The zero-order valence-corrected chi connectivity index (χ0v) is 10.5. The van der Waals surface area contributed by atoms with Gasteiger partial charge in [0.25, 0.3) is 0 Å². The van der Waals surface area contributed by atoms with Crippen molar-refractivity contribution in [3.05, 3.63) is 83.9 Å². The van der Waals surface area contributed by atoms with Gasteiger partial charge in [0.05, 0.1) is 5.92 Å². The second kappa shape index (κ2) is 4.73. The zero-order chi connectivity index (χ0) is 13.2. The standard InChI is InChI=1S/C17H14O2/c1-12-15(13-8-4-2-5-9-13)16(19-17(12)18)14-10-6-3-7-11-14/h2-11,15-16H,1H2/t15-,16+/m0/s1. The summed E-state index contributed by atoms with van der Waals surface area (Å²) in [6.07, 6.45) is -0.274. The van der Waals surface area contributed by atoms with E-state index in [1.165, 1.54) is 0 Å². The lowest BCUT2D eigenvalue weighted by molar-refractivity contribution is -0.139. The van der Waals surface area contributed by atoms with Gasteiger partial charge in [-0.25, -0.2) is 4.79 Å². The van der Waals surface area contributed by atoms with Gasteiger partial charge in [0.1, 0.15) is 6.10 Å². The Morgan fingerprint density at radius 2 is 1.37 bits per heavy atom. The summed E-state index contributed by atoms with van der Waals surface area (Å²) in [5.74, 6) is -0.404. The van der Waals surface area contributed by atoms with Crippen LogP contribution in [0.4, 0.5) is 0 Å². The van der Waals surface area contributed by atoms with E-state index in [1.54, 1.807) is 0 Å². The molecule has 1 saturated heterocycles. The van der Waals surface area contributed by atoms with Crippen LogP contribution < -0.4 is 0 Å². The van der Waals surface area contributed by atoms with Gasteiger partial charge in [-0.15, -0.1) is 0 Å². The summed E-state index contributed by atoms with van der Waals surface area (Å²) in [5.41, 5.74) is 2.59. The second-order valence-corrected chi connectivity index (χ2v) is 4.65. The van der Waals surface area contributed by atoms with Crippen molar-refractivity contribution in [1.29, 1.82) is 0 Å². The maximum atomic E-state index is 11.8. The molecule has 2 nitrogen and oxygen atoms in total. The van der Waals surface area contributed by atoms with Crippen LogP contribution in [0.3, 0.4) is 0 Å². The first-order valence-corrected chi connectivity index (χ1v) is 6.27. The van der Waals surface area contributed by atoms with Crippen molar-refractivity contribution in [3.63, 3.8) is 0 Å². The van der Waals surface area contributed by atoms with E-state index in [4.69, 9.17) is 4.74 Å². The Labute approximate surface area is 112 Å². The number of rotatable bonds is 2. The van der Waals surface area contributed by atoms with Crippen molar-refractivity contribution < 1.29 is 9.53 Å². The predicted molar refractivity (Wildman–Crippen MR) is 73.6 cm³/mol. The molecule has 2 heteroatoms. The number of carbonyl (C=O) groups is 1. The molecule has 1 aliphatic heterocycles. The third-order valence-electron chi connectivity index (χ3n) is 3.46. The van der Waals surface area contributed by atoms with Gasteiger partial charge in [-0.1, -0.05) is 67.2 Å². The number of cyclic esters (lactones) is 1. The predicted octanol–water partition coefficient (Wildman–Crippen LogP) is 3.62. The molecule has 0 spiro atoms. The fraction of sp³-hybridized carbons (Fsp3) is 0.118. The maximum Gasteiger partial charge on any atom is 0.334 e. The molecular weight excluding hydrogens is 236 g/mol. The summed E-state index contributed by atoms with van der Waals surface area (Å²) >= 11 is 0. The van der Waals surface area contributed by atoms with E-state index in [2.05, 4.69) is 6.58 Å². The Kier molecular flexibility index (Phi) is 2.92. The van der Waals surface area contributed by atoms with Crippen molar-refractivity contribution in [2.45, 2.75) is 12.0 Å². The van der Waals surface area contributed by atoms with Crippen LogP contribution in [0.25, 0.3) is 0 Å². The molecule has 2 atom stereocenters. The molecule has 1 heterocycles. The minimum atomic E-state index is -0.303. The number of hydrogen-bond acceptors (Lipinski definition) is 2. The van der Waals surface area contributed by atoms with Crippen LogP contribution in [0, 0.1) is 0 Å². The number of benzene rings is 2. The van der Waals surface area contributed by atoms with E-state index in [0.717, 1.165) is 11.1 Å². The number of ether oxygens (including phenoxy) is 1. The normalized spacial score (nSPS) is 22.3. The molecule has 19 heavy (non-hydrogen) atoms. The lowest BCUT2D eigenvalue weighted by Gasteiger charge is -2.18. The first-order chi connectivity index (χ1) is 9.27. The average molecular weight is 250 g/mol. The summed E-state index contributed by atoms with van der Waals surface area (Å²) in [5, 5.41) is 0. The smallest absolute Gasteiger partial charge is 0.334 e. The summed E-state index contributed by atoms with van der Waals surface area (Å²) in [6, 6.07) is 19.7. The summed E-state index contributed by atoms with van der Waals surface area (Å²) in [7, 11) is 0. The fourth-order valence-corrected chi connectivity index (χ4v) is 2.51. The molecule has 0 aliphatic carbocycles. The van der Waals surface area contributed by atoms with Gasteiger partial charge in [0.2, 0.25) is 0 Å². The topological polar surface area (TPSA) is 26.3 Å². The fourth-order valence-electron chi connectivity index (χ4n) is 2.51.